The molecule has 2 atom stereocenters. The van der Waals surface area contributed by atoms with Gasteiger partial charge in [-0.05, 0) is 20.3 Å². The number of aliphatic hydroxyl groups is 1. The summed E-state index contributed by atoms with van der Waals surface area (Å²) < 4.78 is 27.3. The highest BCUT2D eigenvalue weighted by Crippen LogP contribution is 2.02. The first kappa shape index (κ1) is 14.8. The van der Waals surface area contributed by atoms with Gasteiger partial charge < -0.3 is 5.11 Å². The largest absolute Gasteiger partial charge is 0.393 e. The second kappa shape index (κ2) is 6.42. The summed E-state index contributed by atoms with van der Waals surface area (Å²) in [6.45, 7) is 7.88. The zero-order chi connectivity index (χ0) is 12.1. The summed E-state index contributed by atoms with van der Waals surface area (Å²) in [5, 5.41) is 9.12. The quantitative estimate of drug-likeness (QED) is 0.671. The van der Waals surface area contributed by atoms with E-state index in [2.05, 4.69) is 4.72 Å². The van der Waals surface area contributed by atoms with Gasteiger partial charge in [0.15, 0.2) is 0 Å². The minimum atomic E-state index is -3.40. The highest BCUT2D eigenvalue weighted by Gasteiger charge is 2.21. The van der Waals surface area contributed by atoms with Crippen molar-refractivity contribution in [1.29, 1.82) is 0 Å². The summed E-state index contributed by atoms with van der Waals surface area (Å²) in [5.41, 5.74) is 0. The lowest BCUT2D eigenvalue weighted by Crippen LogP contribution is -2.45. The first-order valence-corrected chi connectivity index (χ1v) is 6.72. The predicted octanol–water partition coefficient (Wildman–Crippen LogP) is 0.322. The zero-order valence-corrected chi connectivity index (χ0v) is 10.7. The lowest BCUT2D eigenvalue weighted by atomic mass is 10.2. The summed E-state index contributed by atoms with van der Waals surface area (Å²) in [6, 6.07) is -0.254. The van der Waals surface area contributed by atoms with Crippen LogP contribution < -0.4 is 4.72 Å². The third kappa shape index (κ3) is 5.46. The Labute approximate surface area is 92.7 Å². The van der Waals surface area contributed by atoms with Crippen molar-refractivity contribution in [3.63, 3.8) is 0 Å². The molecule has 0 aliphatic heterocycles. The van der Waals surface area contributed by atoms with Crippen LogP contribution in [-0.2, 0) is 10.2 Å². The molecule has 0 amide bonds. The normalized spacial score (nSPS) is 16.7. The van der Waals surface area contributed by atoms with Gasteiger partial charge in [0, 0.05) is 19.1 Å². The zero-order valence-electron chi connectivity index (χ0n) is 9.90. The molecule has 0 aromatic heterocycles. The van der Waals surface area contributed by atoms with Gasteiger partial charge >= 0.3 is 0 Å². The first-order valence-electron chi connectivity index (χ1n) is 5.28. The van der Waals surface area contributed by atoms with E-state index in [1.54, 1.807) is 27.7 Å². The van der Waals surface area contributed by atoms with Crippen LogP contribution in [0.4, 0.5) is 0 Å². The first-order chi connectivity index (χ1) is 6.83. The number of nitrogens with zero attached hydrogens (tertiary/aromatic N) is 1. The summed E-state index contributed by atoms with van der Waals surface area (Å²) in [7, 11) is -3.40. The van der Waals surface area contributed by atoms with Crippen LogP contribution in [0.2, 0.25) is 0 Å². The third-order valence-electron chi connectivity index (χ3n) is 2.09. The number of rotatable bonds is 7. The van der Waals surface area contributed by atoms with Crippen molar-refractivity contribution < 1.29 is 13.5 Å². The molecule has 0 aliphatic rings. The summed E-state index contributed by atoms with van der Waals surface area (Å²) in [6.07, 6.45) is -0.0834. The maximum absolute atomic E-state index is 11.7. The van der Waals surface area contributed by atoms with Gasteiger partial charge in [-0.25, -0.2) is 0 Å². The highest BCUT2D eigenvalue weighted by molar-refractivity contribution is 7.87. The van der Waals surface area contributed by atoms with E-state index in [-0.39, 0.29) is 6.04 Å². The van der Waals surface area contributed by atoms with Crippen LogP contribution >= 0.6 is 0 Å². The van der Waals surface area contributed by atoms with Crippen LogP contribution in [0.1, 0.15) is 34.1 Å². The molecule has 0 saturated carbocycles. The maximum atomic E-state index is 11.7. The Morgan fingerprint density at radius 2 is 1.73 bits per heavy atom. The van der Waals surface area contributed by atoms with Gasteiger partial charge in [0.2, 0.25) is 0 Å². The minimum absolute atomic E-state index is 0.254. The summed E-state index contributed by atoms with van der Waals surface area (Å²) in [5.74, 6) is 0. The average molecular weight is 238 g/mol. The number of hydrogen-bond acceptors (Lipinski definition) is 3. The van der Waals surface area contributed by atoms with Gasteiger partial charge in [0.25, 0.3) is 10.2 Å². The van der Waals surface area contributed by atoms with Gasteiger partial charge in [0.1, 0.15) is 0 Å². The third-order valence-corrected chi connectivity index (χ3v) is 3.99. The van der Waals surface area contributed by atoms with Crippen molar-refractivity contribution in [3.05, 3.63) is 0 Å². The van der Waals surface area contributed by atoms with Crippen molar-refractivity contribution >= 4 is 10.2 Å². The monoisotopic (exact) mass is 238 g/mol. The van der Waals surface area contributed by atoms with Gasteiger partial charge in [-0.15, -0.1) is 0 Å². The van der Waals surface area contributed by atoms with E-state index in [1.165, 1.54) is 4.31 Å². The molecule has 0 fully saturated rings. The van der Waals surface area contributed by atoms with Gasteiger partial charge in [-0.1, -0.05) is 13.8 Å². The Hall–Kier alpha value is -0.170. The molecule has 0 radical (unpaired) electrons. The predicted molar refractivity (Wildman–Crippen MR) is 60.7 cm³/mol. The van der Waals surface area contributed by atoms with Gasteiger partial charge in [0.05, 0.1) is 6.10 Å². The van der Waals surface area contributed by atoms with Crippen LogP contribution in [0.15, 0.2) is 0 Å². The molecular weight excluding hydrogens is 216 g/mol. The highest BCUT2D eigenvalue weighted by atomic mass is 32.2. The molecule has 2 unspecified atom stereocenters. The molecule has 92 valence electrons. The number of nitrogens with one attached hydrogen (secondary N) is 1. The lowest BCUT2D eigenvalue weighted by Gasteiger charge is -2.22. The Kier molecular flexibility index (Phi) is 6.35. The molecule has 0 heterocycles. The van der Waals surface area contributed by atoms with E-state index in [1.807, 2.05) is 0 Å². The molecule has 0 rings (SSSR count). The van der Waals surface area contributed by atoms with Crippen LogP contribution in [-0.4, -0.2) is 43.1 Å². The molecule has 2 N–H and O–H groups in total. The summed E-state index contributed by atoms with van der Waals surface area (Å²) in [4.78, 5) is 0. The van der Waals surface area contributed by atoms with Crippen molar-refractivity contribution in [2.75, 3.05) is 13.1 Å². The molecule has 0 spiro atoms. The van der Waals surface area contributed by atoms with E-state index in [0.717, 1.165) is 0 Å². The SMILES string of the molecule is CCN(CC)S(=O)(=O)NC(C)CC(C)O. The Morgan fingerprint density at radius 1 is 1.27 bits per heavy atom. The van der Waals surface area contributed by atoms with Crippen LogP contribution in [0.25, 0.3) is 0 Å². The smallest absolute Gasteiger partial charge is 0.279 e. The molecule has 0 aromatic rings. The summed E-state index contributed by atoms with van der Waals surface area (Å²) >= 11 is 0. The number of hydrogen-bond donors (Lipinski definition) is 2. The fourth-order valence-electron chi connectivity index (χ4n) is 1.45. The molecule has 0 aromatic carbocycles. The standard InChI is InChI=1S/C9H22N2O3S/c1-5-11(6-2)15(13,14)10-8(3)7-9(4)12/h8-10,12H,5-7H2,1-4H3. The topological polar surface area (TPSA) is 69.6 Å². The fraction of sp³-hybridized carbons (Fsp3) is 1.00. The molecule has 5 nitrogen and oxygen atoms in total. The lowest BCUT2D eigenvalue weighted by molar-refractivity contribution is 0.174. The minimum Gasteiger partial charge on any atom is -0.393 e. The molecule has 0 aliphatic carbocycles. The van der Waals surface area contributed by atoms with Gasteiger partial charge in [-0.3, -0.25) is 0 Å². The Morgan fingerprint density at radius 3 is 2.07 bits per heavy atom. The van der Waals surface area contributed by atoms with Crippen molar-refractivity contribution in [3.8, 4) is 0 Å². The number of aliphatic hydroxyl groups excluding tert-OH is 1. The van der Waals surface area contributed by atoms with E-state index < -0.39 is 16.3 Å². The van der Waals surface area contributed by atoms with Crippen LogP contribution in [0.3, 0.4) is 0 Å². The molecule has 0 bridgehead atoms. The van der Waals surface area contributed by atoms with Gasteiger partial charge in [-0.2, -0.15) is 17.4 Å². The van der Waals surface area contributed by atoms with Crippen molar-refractivity contribution in [1.82, 2.24) is 9.03 Å². The Bertz CT molecular complexity index is 261. The van der Waals surface area contributed by atoms with Crippen LogP contribution in [0.5, 0.6) is 0 Å². The molecule has 6 heteroatoms. The van der Waals surface area contributed by atoms with E-state index in [0.29, 0.717) is 19.5 Å². The molecule has 15 heavy (non-hydrogen) atoms. The average Bonchev–Trinajstić information content (AvgIpc) is 2.02. The van der Waals surface area contributed by atoms with Crippen LogP contribution in [0, 0.1) is 0 Å². The maximum Gasteiger partial charge on any atom is 0.279 e. The molecular formula is C9H22N2O3S. The van der Waals surface area contributed by atoms with E-state index in [4.69, 9.17) is 5.11 Å². The van der Waals surface area contributed by atoms with Crippen molar-refractivity contribution in [2.24, 2.45) is 0 Å². The fourth-order valence-corrected chi connectivity index (χ4v) is 2.89. The van der Waals surface area contributed by atoms with E-state index in [9.17, 15) is 8.42 Å². The Balaban J connectivity index is 4.36. The van der Waals surface area contributed by atoms with Crippen molar-refractivity contribution in [2.45, 2.75) is 46.3 Å². The second-order valence-electron chi connectivity index (χ2n) is 3.69. The second-order valence-corrected chi connectivity index (χ2v) is 5.40. The molecule has 0 saturated heterocycles. The van der Waals surface area contributed by atoms with E-state index >= 15 is 0 Å².